The lowest BCUT2D eigenvalue weighted by Gasteiger charge is -2.22. The maximum absolute atomic E-state index is 8.63. The fourth-order valence-corrected chi connectivity index (χ4v) is 1.76. The monoisotopic (exact) mass is 227 g/mol. The van der Waals surface area contributed by atoms with E-state index in [0.29, 0.717) is 5.84 Å². The van der Waals surface area contributed by atoms with E-state index in [1.807, 2.05) is 13.8 Å². The first kappa shape index (κ1) is 13.3. The molecule has 4 nitrogen and oxygen atoms in total. The molecule has 94 valence electrons. The van der Waals surface area contributed by atoms with Crippen molar-refractivity contribution in [3.05, 3.63) is 0 Å². The Morgan fingerprint density at radius 2 is 2.12 bits per heavy atom. The van der Waals surface area contributed by atoms with Crippen LogP contribution in [0.25, 0.3) is 0 Å². The standard InChI is InChI=1S/C12H25N3O/c1-12(2,11(13)15-16)7-3-8-14-9-6-10-4-5-10/h10,14,16H,3-9H2,1-2H3,(H2,13,15). The Labute approximate surface area is 98.3 Å². The zero-order chi connectivity index (χ0) is 12.0. The largest absolute Gasteiger partial charge is 0.409 e. The molecule has 0 amide bonds. The van der Waals surface area contributed by atoms with Crippen LogP contribution in [0.4, 0.5) is 0 Å². The molecule has 0 aliphatic heterocycles. The van der Waals surface area contributed by atoms with Crippen LogP contribution in [0.5, 0.6) is 0 Å². The van der Waals surface area contributed by atoms with Gasteiger partial charge in [0.15, 0.2) is 0 Å². The minimum absolute atomic E-state index is 0.201. The van der Waals surface area contributed by atoms with Crippen molar-refractivity contribution < 1.29 is 5.21 Å². The first-order chi connectivity index (χ1) is 7.56. The number of rotatable bonds is 8. The zero-order valence-corrected chi connectivity index (χ0v) is 10.5. The van der Waals surface area contributed by atoms with Gasteiger partial charge in [-0.2, -0.15) is 0 Å². The quantitative estimate of drug-likeness (QED) is 0.195. The van der Waals surface area contributed by atoms with Crippen molar-refractivity contribution in [2.45, 2.75) is 46.0 Å². The number of nitrogens with two attached hydrogens (primary N) is 1. The van der Waals surface area contributed by atoms with Gasteiger partial charge in [0, 0.05) is 5.41 Å². The third kappa shape index (κ3) is 4.84. The van der Waals surface area contributed by atoms with E-state index < -0.39 is 0 Å². The summed E-state index contributed by atoms with van der Waals surface area (Å²) < 4.78 is 0. The molecule has 0 heterocycles. The summed E-state index contributed by atoms with van der Waals surface area (Å²) in [5, 5.41) is 15.2. The van der Waals surface area contributed by atoms with Gasteiger partial charge in [-0.3, -0.25) is 0 Å². The van der Waals surface area contributed by atoms with Crippen LogP contribution >= 0.6 is 0 Å². The van der Waals surface area contributed by atoms with Gasteiger partial charge in [0.1, 0.15) is 5.84 Å². The van der Waals surface area contributed by atoms with Crippen LogP contribution in [-0.2, 0) is 0 Å². The molecule has 0 aromatic carbocycles. The van der Waals surface area contributed by atoms with Gasteiger partial charge in [0.25, 0.3) is 0 Å². The van der Waals surface area contributed by atoms with E-state index in [2.05, 4.69) is 10.5 Å². The van der Waals surface area contributed by atoms with E-state index in [1.165, 1.54) is 19.3 Å². The van der Waals surface area contributed by atoms with Crippen LogP contribution in [0.2, 0.25) is 0 Å². The smallest absolute Gasteiger partial charge is 0.144 e. The highest BCUT2D eigenvalue weighted by molar-refractivity contribution is 5.85. The van der Waals surface area contributed by atoms with Gasteiger partial charge in [0.05, 0.1) is 0 Å². The van der Waals surface area contributed by atoms with Crippen molar-refractivity contribution in [3.63, 3.8) is 0 Å². The van der Waals surface area contributed by atoms with Gasteiger partial charge in [-0.15, -0.1) is 0 Å². The van der Waals surface area contributed by atoms with Gasteiger partial charge < -0.3 is 16.3 Å². The lowest BCUT2D eigenvalue weighted by molar-refractivity contribution is 0.304. The highest BCUT2D eigenvalue weighted by Crippen LogP contribution is 2.31. The third-order valence-corrected chi connectivity index (χ3v) is 3.38. The molecule has 1 fully saturated rings. The molecule has 0 atom stereocenters. The van der Waals surface area contributed by atoms with Crippen LogP contribution in [0.1, 0.15) is 46.0 Å². The number of amidine groups is 1. The maximum atomic E-state index is 8.63. The molecule has 0 aromatic heterocycles. The molecular formula is C12H25N3O. The van der Waals surface area contributed by atoms with E-state index in [4.69, 9.17) is 10.9 Å². The summed E-state index contributed by atoms with van der Waals surface area (Å²) in [5.41, 5.74) is 5.42. The van der Waals surface area contributed by atoms with Crippen LogP contribution in [0.3, 0.4) is 0 Å². The van der Waals surface area contributed by atoms with E-state index in [0.717, 1.165) is 31.8 Å². The van der Waals surface area contributed by atoms with E-state index in [1.54, 1.807) is 0 Å². The average Bonchev–Trinajstić information content (AvgIpc) is 3.05. The zero-order valence-electron chi connectivity index (χ0n) is 10.5. The molecule has 4 N–H and O–H groups in total. The van der Waals surface area contributed by atoms with Crippen molar-refractivity contribution in [2.24, 2.45) is 22.2 Å². The van der Waals surface area contributed by atoms with Crippen LogP contribution in [-0.4, -0.2) is 24.1 Å². The Morgan fingerprint density at radius 1 is 1.44 bits per heavy atom. The minimum Gasteiger partial charge on any atom is -0.409 e. The highest BCUT2D eigenvalue weighted by atomic mass is 16.4. The molecule has 16 heavy (non-hydrogen) atoms. The Balaban J connectivity index is 2.00. The van der Waals surface area contributed by atoms with Crippen LogP contribution < -0.4 is 11.1 Å². The number of nitrogens with one attached hydrogen (secondary N) is 1. The van der Waals surface area contributed by atoms with Crippen molar-refractivity contribution >= 4 is 5.84 Å². The molecule has 0 bridgehead atoms. The first-order valence-corrected chi connectivity index (χ1v) is 6.25. The first-order valence-electron chi connectivity index (χ1n) is 6.25. The topological polar surface area (TPSA) is 70.6 Å². The summed E-state index contributed by atoms with van der Waals surface area (Å²) in [5.74, 6) is 1.33. The summed E-state index contributed by atoms with van der Waals surface area (Å²) in [6, 6.07) is 0. The molecule has 0 spiro atoms. The predicted octanol–water partition coefficient (Wildman–Crippen LogP) is 1.93. The van der Waals surface area contributed by atoms with E-state index >= 15 is 0 Å². The van der Waals surface area contributed by atoms with Crippen molar-refractivity contribution in [3.8, 4) is 0 Å². The summed E-state index contributed by atoms with van der Waals surface area (Å²) in [7, 11) is 0. The van der Waals surface area contributed by atoms with E-state index in [-0.39, 0.29) is 5.41 Å². The molecule has 0 aromatic rings. The third-order valence-electron chi connectivity index (χ3n) is 3.38. The molecule has 1 saturated carbocycles. The number of hydrogen-bond donors (Lipinski definition) is 3. The minimum atomic E-state index is -0.201. The Hall–Kier alpha value is -0.770. The molecule has 4 heteroatoms. The van der Waals surface area contributed by atoms with Crippen molar-refractivity contribution in [1.82, 2.24) is 5.32 Å². The Bertz CT molecular complexity index is 234. The second-order valence-electron chi connectivity index (χ2n) is 5.45. The predicted molar refractivity (Wildman–Crippen MR) is 66.6 cm³/mol. The van der Waals surface area contributed by atoms with Crippen LogP contribution in [0, 0.1) is 11.3 Å². The maximum Gasteiger partial charge on any atom is 0.144 e. The molecule has 0 unspecified atom stereocenters. The molecule has 1 rings (SSSR count). The van der Waals surface area contributed by atoms with Crippen LogP contribution in [0.15, 0.2) is 5.16 Å². The summed E-state index contributed by atoms with van der Waals surface area (Å²) >= 11 is 0. The lowest BCUT2D eigenvalue weighted by Crippen LogP contribution is -2.32. The van der Waals surface area contributed by atoms with Gasteiger partial charge in [-0.05, 0) is 38.3 Å². The lowest BCUT2D eigenvalue weighted by atomic mass is 9.86. The van der Waals surface area contributed by atoms with Gasteiger partial charge >= 0.3 is 0 Å². The fraction of sp³-hybridized carbons (Fsp3) is 0.917. The number of nitrogens with zero attached hydrogens (tertiary/aromatic N) is 1. The van der Waals surface area contributed by atoms with E-state index in [9.17, 15) is 0 Å². The second kappa shape index (κ2) is 6.09. The van der Waals surface area contributed by atoms with Gasteiger partial charge in [0.2, 0.25) is 0 Å². The molecule has 0 saturated heterocycles. The summed E-state index contributed by atoms with van der Waals surface area (Å²) in [6.45, 7) is 6.17. The average molecular weight is 227 g/mol. The molecule has 1 aliphatic carbocycles. The van der Waals surface area contributed by atoms with Crippen molar-refractivity contribution in [1.29, 1.82) is 0 Å². The van der Waals surface area contributed by atoms with Crippen molar-refractivity contribution in [2.75, 3.05) is 13.1 Å². The highest BCUT2D eigenvalue weighted by Gasteiger charge is 2.23. The summed E-state index contributed by atoms with van der Waals surface area (Å²) in [6.07, 6.45) is 6.19. The number of oxime groups is 1. The second-order valence-corrected chi connectivity index (χ2v) is 5.45. The number of hydrogen-bond acceptors (Lipinski definition) is 3. The Kier molecular flexibility index (Phi) is 5.06. The Morgan fingerprint density at radius 3 is 2.69 bits per heavy atom. The molecular weight excluding hydrogens is 202 g/mol. The van der Waals surface area contributed by atoms with Gasteiger partial charge in [-0.1, -0.05) is 31.8 Å². The summed E-state index contributed by atoms with van der Waals surface area (Å²) in [4.78, 5) is 0. The molecule has 0 radical (unpaired) electrons. The normalized spacial score (nSPS) is 17.8. The molecule has 1 aliphatic rings. The fourth-order valence-electron chi connectivity index (χ4n) is 1.76. The SMILES string of the molecule is CC(C)(CCCNCCC1CC1)C(N)=NO. The van der Waals surface area contributed by atoms with Gasteiger partial charge in [-0.25, -0.2) is 0 Å².